The lowest BCUT2D eigenvalue weighted by molar-refractivity contribution is -0.119. The first kappa shape index (κ1) is 13.4. The Balaban J connectivity index is 2.62. The Labute approximate surface area is 103 Å². The molecule has 1 aromatic rings. The van der Waals surface area contributed by atoms with Crippen molar-refractivity contribution in [1.82, 2.24) is 5.32 Å². The lowest BCUT2D eigenvalue weighted by atomic mass is 10.2. The summed E-state index contributed by atoms with van der Waals surface area (Å²) in [6.07, 6.45) is 0. The molecule has 0 aliphatic rings. The lowest BCUT2D eigenvalue weighted by Gasteiger charge is -2.08. The summed E-state index contributed by atoms with van der Waals surface area (Å²) in [5.74, 6) is -1.04. The van der Waals surface area contributed by atoms with E-state index < -0.39 is 23.1 Å². The number of rotatable bonds is 2. The molecule has 1 aromatic carbocycles. The van der Waals surface area contributed by atoms with Crippen LogP contribution in [0.5, 0.6) is 0 Å². The number of aryl methyl sites for hydroxylation is 1. The number of anilines is 1. The van der Waals surface area contributed by atoms with E-state index in [4.69, 9.17) is 11.6 Å². The van der Waals surface area contributed by atoms with Crippen molar-refractivity contribution in [3.05, 3.63) is 29.6 Å². The van der Waals surface area contributed by atoms with Crippen LogP contribution in [-0.4, -0.2) is 17.3 Å². The number of hydrogen-bond acceptors (Lipinski definition) is 2. The summed E-state index contributed by atoms with van der Waals surface area (Å²) in [5, 5.41) is 3.54. The van der Waals surface area contributed by atoms with Gasteiger partial charge in [0, 0.05) is 5.69 Å². The van der Waals surface area contributed by atoms with E-state index in [2.05, 4.69) is 5.32 Å². The molecule has 6 heteroatoms. The van der Waals surface area contributed by atoms with Gasteiger partial charge in [-0.15, -0.1) is 11.6 Å². The third-order valence-electron chi connectivity index (χ3n) is 2.03. The minimum Gasteiger partial charge on any atom is -0.308 e. The molecular weight excluding hydrogens is 247 g/mol. The fourth-order valence-electron chi connectivity index (χ4n) is 1.04. The van der Waals surface area contributed by atoms with Crippen LogP contribution < -0.4 is 10.6 Å². The van der Waals surface area contributed by atoms with E-state index in [1.807, 2.05) is 5.32 Å². The highest BCUT2D eigenvalue weighted by atomic mass is 35.5. The standard InChI is InChI=1S/C11H12ClFN2O2/c1-6-3-4-8(5-9(6)13)14-11(17)15-10(16)7(2)12/h3-5,7H,1-2H3,(H2,14,15,16,17). The lowest BCUT2D eigenvalue weighted by Crippen LogP contribution is -2.38. The van der Waals surface area contributed by atoms with Crippen molar-refractivity contribution < 1.29 is 14.0 Å². The largest absolute Gasteiger partial charge is 0.325 e. The monoisotopic (exact) mass is 258 g/mol. The number of benzene rings is 1. The fraction of sp³-hybridized carbons (Fsp3) is 0.273. The molecule has 3 amide bonds. The summed E-state index contributed by atoms with van der Waals surface area (Å²) in [6, 6.07) is 3.48. The quantitative estimate of drug-likeness (QED) is 0.801. The average molecular weight is 259 g/mol. The molecule has 4 nitrogen and oxygen atoms in total. The van der Waals surface area contributed by atoms with Crippen LogP contribution in [0.4, 0.5) is 14.9 Å². The first-order valence-electron chi connectivity index (χ1n) is 4.92. The zero-order valence-corrected chi connectivity index (χ0v) is 10.1. The second kappa shape index (κ2) is 5.63. The van der Waals surface area contributed by atoms with Crippen LogP contribution in [-0.2, 0) is 4.79 Å². The Hall–Kier alpha value is -1.62. The number of halogens is 2. The van der Waals surface area contributed by atoms with Gasteiger partial charge in [0.05, 0.1) is 0 Å². The number of carbonyl (C=O) groups is 2. The molecule has 1 atom stereocenters. The molecule has 92 valence electrons. The topological polar surface area (TPSA) is 58.2 Å². The highest BCUT2D eigenvalue weighted by Crippen LogP contribution is 2.13. The predicted molar refractivity (Wildman–Crippen MR) is 63.6 cm³/mol. The van der Waals surface area contributed by atoms with Gasteiger partial charge in [0.25, 0.3) is 0 Å². The van der Waals surface area contributed by atoms with Gasteiger partial charge in [0.1, 0.15) is 11.2 Å². The highest BCUT2D eigenvalue weighted by Gasteiger charge is 2.13. The van der Waals surface area contributed by atoms with Gasteiger partial charge in [-0.2, -0.15) is 0 Å². The number of nitrogens with one attached hydrogen (secondary N) is 2. The summed E-state index contributed by atoms with van der Waals surface area (Å²) in [4.78, 5) is 22.4. The Bertz CT molecular complexity index is 449. The maximum absolute atomic E-state index is 13.2. The number of hydrogen-bond donors (Lipinski definition) is 2. The van der Waals surface area contributed by atoms with E-state index in [0.29, 0.717) is 5.56 Å². The van der Waals surface area contributed by atoms with E-state index in [1.165, 1.54) is 25.1 Å². The summed E-state index contributed by atoms with van der Waals surface area (Å²) in [5.41, 5.74) is 0.738. The van der Waals surface area contributed by atoms with Crippen LogP contribution in [0.2, 0.25) is 0 Å². The molecule has 0 bridgehead atoms. The number of imide groups is 1. The van der Waals surface area contributed by atoms with Gasteiger partial charge in [-0.3, -0.25) is 10.1 Å². The van der Waals surface area contributed by atoms with Gasteiger partial charge in [-0.25, -0.2) is 9.18 Å². The summed E-state index contributed by atoms with van der Waals surface area (Å²) in [6.45, 7) is 3.05. The maximum atomic E-state index is 13.2. The van der Waals surface area contributed by atoms with E-state index >= 15 is 0 Å². The Morgan fingerprint density at radius 2 is 2.06 bits per heavy atom. The van der Waals surface area contributed by atoms with Crippen molar-refractivity contribution in [3.8, 4) is 0 Å². The molecule has 0 spiro atoms. The molecule has 0 aliphatic heterocycles. The third-order valence-corrected chi connectivity index (χ3v) is 2.23. The third kappa shape index (κ3) is 4.03. The molecule has 1 unspecified atom stereocenters. The Kier molecular flexibility index (Phi) is 4.45. The van der Waals surface area contributed by atoms with Crippen LogP contribution in [0.25, 0.3) is 0 Å². The predicted octanol–water partition coefficient (Wildman–Crippen LogP) is 2.41. The van der Waals surface area contributed by atoms with E-state index in [9.17, 15) is 14.0 Å². The zero-order chi connectivity index (χ0) is 13.0. The molecular formula is C11H12ClFN2O2. The minimum absolute atomic E-state index is 0.264. The van der Waals surface area contributed by atoms with E-state index in [0.717, 1.165) is 0 Å². The first-order valence-corrected chi connectivity index (χ1v) is 5.36. The average Bonchev–Trinajstić information content (AvgIpc) is 2.23. The normalized spacial score (nSPS) is 11.8. The summed E-state index contributed by atoms with van der Waals surface area (Å²) in [7, 11) is 0. The van der Waals surface area contributed by atoms with Gasteiger partial charge >= 0.3 is 6.03 Å². The van der Waals surface area contributed by atoms with Crippen LogP contribution in [0.1, 0.15) is 12.5 Å². The highest BCUT2D eigenvalue weighted by molar-refractivity contribution is 6.31. The van der Waals surface area contributed by atoms with Gasteiger partial charge in [0.15, 0.2) is 0 Å². The molecule has 2 N–H and O–H groups in total. The smallest absolute Gasteiger partial charge is 0.308 e. The van der Waals surface area contributed by atoms with Crippen LogP contribution in [0.3, 0.4) is 0 Å². The second-order valence-corrected chi connectivity index (χ2v) is 4.18. The summed E-state index contributed by atoms with van der Waals surface area (Å²) >= 11 is 5.47. The van der Waals surface area contributed by atoms with E-state index in [1.54, 1.807) is 6.92 Å². The van der Waals surface area contributed by atoms with Crippen molar-refractivity contribution >= 4 is 29.2 Å². The maximum Gasteiger partial charge on any atom is 0.325 e. The van der Waals surface area contributed by atoms with Crippen LogP contribution in [0.15, 0.2) is 18.2 Å². The Morgan fingerprint density at radius 3 is 2.59 bits per heavy atom. The van der Waals surface area contributed by atoms with Crippen molar-refractivity contribution in [2.75, 3.05) is 5.32 Å². The minimum atomic E-state index is -0.810. The second-order valence-electron chi connectivity index (χ2n) is 3.52. The van der Waals surface area contributed by atoms with Crippen molar-refractivity contribution in [1.29, 1.82) is 0 Å². The molecule has 0 saturated heterocycles. The Morgan fingerprint density at radius 1 is 1.41 bits per heavy atom. The zero-order valence-electron chi connectivity index (χ0n) is 9.38. The number of amides is 3. The first-order chi connectivity index (χ1) is 7.90. The van der Waals surface area contributed by atoms with Crippen molar-refractivity contribution in [2.24, 2.45) is 0 Å². The molecule has 0 heterocycles. The van der Waals surface area contributed by atoms with Gasteiger partial charge in [0.2, 0.25) is 5.91 Å². The van der Waals surface area contributed by atoms with Gasteiger partial charge < -0.3 is 5.32 Å². The molecule has 0 aromatic heterocycles. The van der Waals surface area contributed by atoms with E-state index in [-0.39, 0.29) is 5.69 Å². The van der Waals surface area contributed by atoms with Gasteiger partial charge in [-0.1, -0.05) is 6.07 Å². The van der Waals surface area contributed by atoms with Gasteiger partial charge in [-0.05, 0) is 31.5 Å². The molecule has 0 saturated carbocycles. The van der Waals surface area contributed by atoms with Crippen molar-refractivity contribution in [3.63, 3.8) is 0 Å². The summed E-state index contributed by atoms with van der Waals surface area (Å²) < 4.78 is 13.2. The van der Waals surface area contributed by atoms with Crippen molar-refractivity contribution in [2.45, 2.75) is 19.2 Å². The molecule has 17 heavy (non-hydrogen) atoms. The number of urea groups is 1. The molecule has 1 rings (SSSR count). The number of carbonyl (C=O) groups excluding carboxylic acids is 2. The fourth-order valence-corrected chi connectivity index (χ4v) is 1.10. The molecule has 0 fully saturated rings. The molecule has 0 aliphatic carbocycles. The SMILES string of the molecule is Cc1ccc(NC(=O)NC(=O)C(C)Cl)cc1F. The number of alkyl halides is 1. The molecule has 0 radical (unpaired) electrons. The van der Waals surface area contributed by atoms with Crippen LogP contribution >= 0.6 is 11.6 Å². The van der Waals surface area contributed by atoms with Crippen LogP contribution in [0, 0.1) is 12.7 Å².